The van der Waals surface area contributed by atoms with Gasteiger partial charge >= 0.3 is 0 Å². The van der Waals surface area contributed by atoms with Crippen LogP contribution in [0.2, 0.25) is 5.02 Å². The molecule has 2 nitrogen and oxygen atoms in total. The molecule has 1 aromatic heterocycles. The lowest BCUT2D eigenvalue weighted by Crippen LogP contribution is -2.07. The third-order valence-corrected chi connectivity index (χ3v) is 3.52. The summed E-state index contributed by atoms with van der Waals surface area (Å²) >= 11 is 9.21. The fourth-order valence-electron chi connectivity index (χ4n) is 1.58. The summed E-state index contributed by atoms with van der Waals surface area (Å²) in [6, 6.07) is 6.64. The molecular formula is C13H11BrClFN2. The molecule has 0 radical (unpaired) electrons. The summed E-state index contributed by atoms with van der Waals surface area (Å²) in [7, 11) is 0. The normalized spacial score (nSPS) is 12.2. The second-order valence-corrected chi connectivity index (χ2v) is 5.16. The van der Waals surface area contributed by atoms with Crippen molar-refractivity contribution in [3.05, 3.63) is 57.5 Å². The molecule has 5 heteroatoms. The fourth-order valence-corrected chi connectivity index (χ4v) is 2.14. The number of halogens is 3. The summed E-state index contributed by atoms with van der Waals surface area (Å²) in [6.07, 6.45) is 3.30. The highest BCUT2D eigenvalue weighted by Crippen LogP contribution is 2.27. The van der Waals surface area contributed by atoms with Gasteiger partial charge in [-0.25, -0.2) is 4.39 Å². The quantitative estimate of drug-likeness (QED) is 0.874. The second-order valence-electron chi connectivity index (χ2n) is 3.90. The van der Waals surface area contributed by atoms with Crippen LogP contribution in [0.25, 0.3) is 0 Å². The van der Waals surface area contributed by atoms with Gasteiger partial charge in [-0.1, -0.05) is 17.7 Å². The molecule has 0 bridgehead atoms. The average Bonchev–Trinajstić information content (AvgIpc) is 2.35. The number of aromatic nitrogens is 1. The molecule has 2 aromatic rings. The minimum Gasteiger partial charge on any atom is -0.376 e. The molecule has 18 heavy (non-hydrogen) atoms. The zero-order valence-corrected chi connectivity index (χ0v) is 12.0. The molecule has 1 heterocycles. The molecule has 2 rings (SSSR count). The van der Waals surface area contributed by atoms with E-state index >= 15 is 0 Å². The van der Waals surface area contributed by atoms with Gasteiger partial charge in [-0.2, -0.15) is 0 Å². The second kappa shape index (κ2) is 5.67. The van der Waals surface area contributed by atoms with Crippen LogP contribution in [0.3, 0.4) is 0 Å². The van der Waals surface area contributed by atoms with Crippen molar-refractivity contribution < 1.29 is 4.39 Å². The summed E-state index contributed by atoms with van der Waals surface area (Å²) in [5.74, 6) is -0.273. The van der Waals surface area contributed by atoms with Gasteiger partial charge in [0.25, 0.3) is 0 Å². The van der Waals surface area contributed by atoms with Crippen LogP contribution < -0.4 is 5.32 Å². The predicted octanol–water partition coefficient (Wildman–Crippen LogP) is 4.81. The topological polar surface area (TPSA) is 24.9 Å². The first-order valence-corrected chi connectivity index (χ1v) is 6.56. The van der Waals surface area contributed by atoms with Gasteiger partial charge in [0.05, 0.1) is 21.4 Å². The van der Waals surface area contributed by atoms with Crippen LogP contribution in [-0.4, -0.2) is 4.98 Å². The number of hydrogen-bond acceptors (Lipinski definition) is 2. The van der Waals surface area contributed by atoms with Gasteiger partial charge in [-0.15, -0.1) is 0 Å². The molecule has 0 aliphatic carbocycles. The van der Waals surface area contributed by atoms with E-state index in [1.54, 1.807) is 30.6 Å². The van der Waals surface area contributed by atoms with E-state index in [1.807, 2.05) is 6.92 Å². The Morgan fingerprint density at radius 1 is 1.39 bits per heavy atom. The molecule has 0 aliphatic rings. The highest BCUT2D eigenvalue weighted by atomic mass is 79.9. The zero-order valence-electron chi connectivity index (χ0n) is 9.62. The van der Waals surface area contributed by atoms with Crippen LogP contribution in [0.1, 0.15) is 18.5 Å². The Labute approximate surface area is 118 Å². The van der Waals surface area contributed by atoms with Crippen LogP contribution in [0.15, 0.2) is 41.1 Å². The Morgan fingerprint density at radius 2 is 2.17 bits per heavy atom. The highest BCUT2D eigenvalue weighted by molar-refractivity contribution is 9.10. The van der Waals surface area contributed by atoms with Gasteiger partial charge < -0.3 is 5.32 Å². The van der Waals surface area contributed by atoms with E-state index in [0.29, 0.717) is 9.50 Å². The maximum atomic E-state index is 13.2. The third kappa shape index (κ3) is 3.00. The van der Waals surface area contributed by atoms with Gasteiger partial charge in [0.15, 0.2) is 0 Å². The Balaban J connectivity index is 2.19. The number of pyridine rings is 1. The Morgan fingerprint density at radius 3 is 2.83 bits per heavy atom. The molecule has 1 unspecified atom stereocenters. The van der Waals surface area contributed by atoms with Gasteiger partial charge in [0.2, 0.25) is 0 Å². The summed E-state index contributed by atoms with van der Waals surface area (Å²) < 4.78 is 13.6. The van der Waals surface area contributed by atoms with Crippen LogP contribution >= 0.6 is 27.5 Å². The first-order chi connectivity index (χ1) is 8.58. The molecular weight excluding hydrogens is 319 g/mol. The molecule has 1 atom stereocenters. The highest BCUT2D eigenvalue weighted by Gasteiger charge is 2.09. The molecule has 94 valence electrons. The third-order valence-electron chi connectivity index (χ3n) is 2.58. The number of anilines is 1. The predicted molar refractivity (Wildman–Crippen MR) is 75.4 cm³/mol. The summed E-state index contributed by atoms with van der Waals surface area (Å²) in [6.45, 7) is 1.98. The summed E-state index contributed by atoms with van der Waals surface area (Å²) in [4.78, 5) is 4.01. The standard InChI is InChI=1S/C13H11BrClFN2/c1-8(9-2-3-12(16)10(14)6-9)18-13-7-17-5-4-11(13)15/h2-8,18H,1H3. The minimum atomic E-state index is -0.273. The van der Waals surface area contributed by atoms with E-state index in [2.05, 4.69) is 26.2 Å². The van der Waals surface area contributed by atoms with E-state index in [9.17, 15) is 4.39 Å². The summed E-state index contributed by atoms with van der Waals surface area (Å²) in [5, 5.41) is 3.84. The smallest absolute Gasteiger partial charge is 0.137 e. The van der Waals surface area contributed by atoms with Crippen molar-refractivity contribution in [2.75, 3.05) is 5.32 Å². The molecule has 1 N–H and O–H groups in total. The number of hydrogen-bond donors (Lipinski definition) is 1. The van der Waals surface area contributed by atoms with Gasteiger partial charge in [0.1, 0.15) is 5.82 Å². The maximum absolute atomic E-state index is 13.2. The van der Waals surface area contributed by atoms with Crippen LogP contribution in [0.5, 0.6) is 0 Å². The van der Waals surface area contributed by atoms with Gasteiger partial charge in [0, 0.05) is 12.2 Å². The Kier molecular flexibility index (Phi) is 4.19. The Bertz CT molecular complexity index is 562. The van der Waals surface area contributed by atoms with E-state index in [-0.39, 0.29) is 11.9 Å². The molecule has 0 spiro atoms. The minimum absolute atomic E-state index is 0.00333. The first-order valence-electron chi connectivity index (χ1n) is 5.39. The van der Waals surface area contributed by atoms with E-state index < -0.39 is 0 Å². The summed E-state index contributed by atoms with van der Waals surface area (Å²) in [5.41, 5.74) is 1.72. The van der Waals surface area contributed by atoms with Crippen LogP contribution in [-0.2, 0) is 0 Å². The Hall–Kier alpha value is -1.13. The maximum Gasteiger partial charge on any atom is 0.137 e. The number of nitrogens with zero attached hydrogens (tertiary/aromatic N) is 1. The van der Waals surface area contributed by atoms with Crippen molar-refractivity contribution in [1.82, 2.24) is 4.98 Å². The number of nitrogens with one attached hydrogen (secondary N) is 1. The van der Waals surface area contributed by atoms with Crippen molar-refractivity contribution in [2.45, 2.75) is 13.0 Å². The van der Waals surface area contributed by atoms with Crippen molar-refractivity contribution in [2.24, 2.45) is 0 Å². The van der Waals surface area contributed by atoms with Crippen molar-refractivity contribution in [3.8, 4) is 0 Å². The molecule has 0 fully saturated rings. The van der Waals surface area contributed by atoms with E-state index in [1.165, 1.54) is 6.07 Å². The first kappa shape index (κ1) is 13.3. The monoisotopic (exact) mass is 328 g/mol. The fraction of sp³-hybridized carbons (Fsp3) is 0.154. The molecule has 0 aliphatic heterocycles. The van der Waals surface area contributed by atoms with E-state index in [0.717, 1.165) is 11.3 Å². The number of benzene rings is 1. The molecule has 1 aromatic carbocycles. The van der Waals surface area contributed by atoms with Crippen LogP contribution in [0, 0.1) is 5.82 Å². The SMILES string of the molecule is CC(Nc1cnccc1Cl)c1ccc(F)c(Br)c1. The largest absolute Gasteiger partial charge is 0.376 e. The molecule has 0 saturated carbocycles. The number of rotatable bonds is 3. The van der Waals surface area contributed by atoms with E-state index in [4.69, 9.17) is 11.6 Å². The van der Waals surface area contributed by atoms with Crippen molar-refractivity contribution in [3.63, 3.8) is 0 Å². The van der Waals surface area contributed by atoms with Gasteiger partial charge in [-0.3, -0.25) is 4.98 Å². The average molecular weight is 330 g/mol. The van der Waals surface area contributed by atoms with Crippen LogP contribution in [0.4, 0.5) is 10.1 Å². The molecule has 0 saturated heterocycles. The lowest BCUT2D eigenvalue weighted by molar-refractivity contribution is 0.619. The van der Waals surface area contributed by atoms with Crippen molar-refractivity contribution >= 4 is 33.2 Å². The van der Waals surface area contributed by atoms with Gasteiger partial charge in [-0.05, 0) is 46.6 Å². The zero-order chi connectivity index (χ0) is 13.1. The van der Waals surface area contributed by atoms with Crippen molar-refractivity contribution in [1.29, 1.82) is 0 Å². The lowest BCUT2D eigenvalue weighted by atomic mass is 10.1. The lowest BCUT2D eigenvalue weighted by Gasteiger charge is -2.16. The molecule has 0 amide bonds.